The van der Waals surface area contributed by atoms with Crippen molar-refractivity contribution in [3.8, 4) is 0 Å². The Balaban J connectivity index is 2.34. The summed E-state index contributed by atoms with van der Waals surface area (Å²) in [6, 6.07) is 0.240. The molecule has 0 aliphatic heterocycles. The highest BCUT2D eigenvalue weighted by molar-refractivity contribution is 5.30. The van der Waals surface area contributed by atoms with Gasteiger partial charge in [-0.2, -0.15) is 0 Å². The third-order valence-electron chi connectivity index (χ3n) is 3.93. The largest absolute Gasteiger partial charge is 0.0894 e. The first kappa shape index (κ1) is 9.60. The molecule has 3 heteroatoms. The summed E-state index contributed by atoms with van der Waals surface area (Å²) in [6.07, 6.45) is 4.87. The minimum Gasteiger partial charge on any atom is -0.0894 e. The molecular formula is C11H17N3. The Hall–Kier alpha value is -0.950. The second-order valence-electron chi connectivity index (χ2n) is 4.40. The first-order chi connectivity index (χ1) is 6.79. The van der Waals surface area contributed by atoms with Crippen LogP contribution in [0.1, 0.15) is 39.5 Å². The summed E-state index contributed by atoms with van der Waals surface area (Å²) < 4.78 is 0. The van der Waals surface area contributed by atoms with Crippen molar-refractivity contribution in [2.75, 3.05) is 0 Å². The zero-order valence-electron chi connectivity index (χ0n) is 8.90. The molecule has 2 rings (SSSR count). The maximum absolute atomic E-state index is 8.57. The van der Waals surface area contributed by atoms with Crippen molar-refractivity contribution < 1.29 is 0 Å². The molecule has 2 aliphatic carbocycles. The third-order valence-corrected chi connectivity index (χ3v) is 3.93. The van der Waals surface area contributed by atoms with Crippen molar-refractivity contribution in [2.45, 2.75) is 45.6 Å². The van der Waals surface area contributed by atoms with E-state index in [1.807, 2.05) is 0 Å². The normalized spacial score (nSPS) is 35.7. The first-order valence-electron chi connectivity index (χ1n) is 5.53. The van der Waals surface area contributed by atoms with E-state index < -0.39 is 0 Å². The maximum Gasteiger partial charge on any atom is 0.0504 e. The van der Waals surface area contributed by atoms with Gasteiger partial charge in [-0.15, -0.1) is 0 Å². The van der Waals surface area contributed by atoms with E-state index in [0.717, 1.165) is 6.42 Å². The Morgan fingerprint density at radius 2 is 2.14 bits per heavy atom. The lowest BCUT2D eigenvalue weighted by molar-refractivity contribution is 0.311. The minimum absolute atomic E-state index is 0.240. The Bertz CT molecular complexity index is 312. The summed E-state index contributed by atoms with van der Waals surface area (Å²) in [5, 5.41) is 4.00. The van der Waals surface area contributed by atoms with Gasteiger partial charge in [0.05, 0.1) is 6.04 Å². The molecule has 3 nitrogen and oxygen atoms in total. The second kappa shape index (κ2) is 3.66. The molecule has 2 bridgehead atoms. The smallest absolute Gasteiger partial charge is 0.0504 e. The van der Waals surface area contributed by atoms with Crippen LogP contribution in [0.25, 0.3) is 10.4 Å². The molecule has 0 spiro atoms. The fourth-order valence-electron chi connectivity index (χ4n) is 3.32. The van der Waals surface area contributed by atoms with Crippen LogP contribution in [0.3, 0.4) is 0 Å². The van der Waals surface area contributed by atoms with Crippen molar-refractivity contribution in [2.24, 2.45) is 17.0 Å². The zero-order valence-corrected chi connectivity index (χ0v) is 8.90. The molecule has 0 saturated heterocycles. The van der Waals surface area contributed by atoms with E-state index >= 15 is 0 Å². The maximum atomic E-state index is 8.57. The molecule has 0 N–H and O–H groups in total. The number of nitrogens with zero attached hydrogens (tertiary/aromatic N) is 3. The molecule has 3 unspecified atom stereocenters. The zero-order chi connectivity index (χ0) is 10.1. The lowest BCUT2D eigenvalue weighted by Crippen LogP contribution is -2.26. The standard InChI is InChI=1S/C11H17N3/c1-3-8-7(2)9-5-4-6-10(8)11(9)13-14-12/h9-11H,3-6H2,1-2H3. The van der Waals surface area contributed by atoms with Crippen molar-refractivity contribution in [3.63, 3.8) is 0 Å². The Morgan fingerprint density at radius 1 is 1.43 bits per heavy atom. The van der Waals surface area contributed by atoms with E-state index in [1.165, 1.54) is 24.8 Å². The minimum atomic E-state index is 0.240. The van der Waals surface area contributed by atoms with Gasteiger partial charge in [0.1, 0.15) is 0 Å². The molecule has 0 heterocycles. The van der Waals surface area contributed by atoms with Crippen molar-refractivity contribution in [1.29, 1.82) is 0 Å². The Kier molecular flexibility index (Phi) is 2.51. The van der Waals surface area contributed by atoms with Gasteiger partial charge in [0.15, 0.2) is 0 Å². The molecule has 0 aromatic carbocycles. The van der Waals surface area contributed by atoms with Crippen LogP contribution in [-0.2, 0) is 0 Å². The summed E-state index contributed by atoms with van der Waals surface area (Å²) in [5.74, 6) is 1.12. The molecule has 2 aliphatic rings. The van der Waals surface area contributed by atoms with Crippen LogP contribution < -0.4 is 0 Å². The van der Waals surface area contributed by atoms with Crippen LogP contribution in [0.15, 0.2) is 16.3 Å². The average molecular weight is 191 g/mol. The molecule has 0 amide bonds. The van der Waals surface area contributed by atoms with E-state index in [0.29, 0.717) is 11.8 Å². The van der Waals surface area contributed by atoms with Gasteiger partial charge < -0.3 is 0 Å². The van der Waals surface area contributed by atoms with Gasteiger partial charge in [-0.05, 0) is 43.6 Å². The van der Waals surface area contributed by atoms with E-state index in [1.54, 1.807) is 5.57 Å². The van der Waals surface area contributed by atoms with Crippen LogP contribution in [0, 0.1) is 11.8 Å². The number of hydrogen-bond acceptors (Lipinski definition) is 1. The highest BCUT2D eigenvalue weighted by Gasteiger charge is 2.41. The number of azide groups is 1. The third kappa shape index (κ3) is 1.24. The van der Waals surface area contributed by atoms with Gasteiger partial charge >= 0.3 is 0 Å². The molecule has 0 aromatic heterocycles. The van der Waals surface area contributed by atoms with Gasteiger partial charge in [0.25, 0.3) is 0 Å². The molecule has 0 aromatic rings. The molecule has 3 atom stereocenters. The van der Waals surface area contributed by atoms with E-state index in [-0.39, 0.29) is 6.04 Å². The summed E-state index contributed by atoms with van der Waals surface area (Å²) in [7, 11) is 0. The molecule has 1 saturated carbocycles. The summed E-state index contributed by atoms with van der Waals surface area (Å²) in [6.45, 7) is 4.45. The monoisotopic (exact) mass is 191 g/mol. The van der Waals surface area contributed by atoms with Crippen LogP contribution >= 0.6 is 0 Å². The molecule has 0 radical (unpaired) electrons. The van der Waals surface area contributed by atoms with Crippen molar-refractivity contribution in [1.82, 2.24) is 0 Å². The SMILES string of the molecule is CCC1=C(C)C2CCCC1C2N=[N+]=[N-]. The summed E-state index contributed by atoms with van der Waals surface area (Å²) >= 11 is 0. The highest BCUT2D eigenvalue weighted by atomic mass is 15.2. The van der Waals surface area contributed by atoms with Gasteiger partial charge in [0.2, 0.25) is 0 Å². The topological polar surface area (TPSA) is 48.8 Å². The summed E-state index contributed by atoms with van der Waals surface area (Å²) in [4.78, 5) is 3.00. The number of rotatable bonds is 2. The number of fused-ring (bicyclic) bond motifs is 2. The lowest BCUT2D eigenvalue weighted by atomic mass is 9.81. The van der Waals surface area contributed by atoms with Crippen LogP contribution in [-0.4, -0.2) is 6.04 Å². The fraction of sp³-hybridized carbons (Fsp3) is 0.818. The van der Waals surface area contributed by atoms with Crippen molar-refractivity contribution >= 4 is 0 Å². The first-order valence-corrected chi connectivity index (χ1v) is 5.53. The fourth-order valence-corrected chi connectivity index (χ4v) is 3.32. The van der Waals surface area contributed by atoms with Crippen LogP contribution in [0.5, 0.6) is 0 Å². The van der Waals surface area contributed by atoms with E-state index in [9.17, 15) is 0 Å². The lowest BCUT2D eigenvalue weighted by Gasteiger charge is -2.28. The average Bonchev–Trinajstić information content (AvgIpc) is 2.34. The van der Waals surface area contributed by atoms with Crippen LogP contribution in [0.4, 0.5) is 0 Å². The quantitative estimate of drug-likeness (QED) is 0.276. The Morgan fingerprint density at radius 3 is 2.79 bits per heavy atom. The van der Waals surface area contributed by atoms with Gasteiger partial charge in [-0.3, -0.25) is 0 Å². The molecule has 1 fully saturated rings. The molecule has 14 heavy (non-hydrogen) atoms. The van der Waals surface area contributed by atoms with Gasteiger partial charge in [-0.1, -0.05) is 29.6 Å². The molecular weight excluding hydrogens is 174 g/mol. The Labute approximate surface area is 84.8 Å². The van der Waals surface area contributed by atoms with E-state index in [2.05, 4.69) is 23.9 Å². The highest BCUT2D eigenvalue weighted by Crippen LogP contribution is 2.48. The van der Waals surface area contributed by atoms with Gasteiger partial charge in [0, 0.05) is 4.91 Å². The number of hydrogen-bond donors (Lipinski definition) is 0. The second-order valence-corrected chi connectivity index (χ2v) is 4.40. The van der Waals surface area contributed by atoms with Crippen LogP contribution in [0.2, 0.25) is 0 Å². The molecule has 76 valence electrons. The predicted octanol–water partition coefficient (Wildman–Crippen LogP) is 3.82. The van der Waals surface area contributed by atoms with Crippen molar-refractivity contribution in [3.05, 3.63) is 21.6 Å². The predicted molar refractivity (Wildman–Crippen MR) is 56.8 cm³/mol. The summed E-state index contributed by atoms with van der Waals surface area (Å²) in [5.41, 5.74) is 11.7. The van der Waals surface area contributed by atoms with Gasteiger partial charge in [-0.25, -0.2) is 0 Å². The van der Waals surface area contributed by atoms with E-state index in [4.69, 9.17) is 5.53 Å².